The summed E-state index contributed by atoms with van der Waals surface area (Å²) in [7, 11) is 1.62. The zero-order valence-corrected chi connectivity index (χ0v) is 18.1. The number of hydrogen-bond acceptors (Lipinski definition) is 4. The van der Waals surface area contributed by atoms with Gasteiger partial charge in [0.05, 0.1) is 12.8 Å². The lowest BCUT2D eigenvalue weighted by Crippen LogP contribution is -2.48. The van der Waals surface area contributed by atoms with Crippen molar-refractivity contribution < 1.29 is 9.53 Å². The predicted octanol–water partition coefficient (Wildman–Crippen LogP) is 4.35. The summed E-state index contributed by atoms with van der Waals surface area (Å²) in [6, 6.07) is 14.9. The van der Waals surface area contributed by atoms with E-state index in [0.29, 0.717) is 41.1 Å². The minimum atomic E-state index is -0.0490. The summed E-state index contributed by atoms with van der Waals surface area (Å²) < 4.78 is 5.26. The number of rotatable bonds is 5. The van der Waals surface area contributed by atoms with E-state index < -0.39 is 0 Å². The summed E-state index contributed by atoms with van der Waals surface area (Å²) in [6.45, 7) is 3.45. The van der Waals surface area contributed by atoms with E-state index in [1.165, 1.54) is 0 Å². The van der Waals surface area contributed by atoms with Gasteiger partial charge in [-0.2, -0.15) is 5.10 Å². The number of aromatic nitrogens is 2. The predicted molar refractivity (Wildman–Crippen MR) is 118 cm³/mol. The lowest BCUT2D eigenvalue weighted by molar-refractivity contribution is 0.0622. The molecule has 1 fully saturated rings. The number of amides is 1. The molecule has 3 aromatic rings. The normalized spacial score (nSPS) is 14.7. The first-order chi connectivity index (χ1) is 14.5. The van der Waals surface area contributed by atoms with Crippen molar-refractivity contribution in [1.82, 2.24) is 20.0 Å². The van der Waals surface area contributed by atoms with Crippen LogP contribution in [0.1, 0.15) is 16.1 Å². The van der Waals surface area contributed by atoms with Crippen LogP contribution in [0.4, 0.5) is 0 Å². The molecule has 2 heterocycles. The van der Waals surface area contributed by atoms with Crippen LogP contribution in [-0.2, 0) is 6.54 Å². The van der Waals surface area contributed by atoms with Gasteiger partial charge in [0, 0.05) is 53.9 Å². The number of benzene rings is 2. The summed E-state index contributed by atoms with van der Waals surface area (Å²) in [5.74, 6) is 0.699. The number of carbonyl (C=O) groups excluding carboxylic acids is 1. The fourth-order valence-corrected chi connectivity index (χ4v) is 4.06. The summed E-state index contributed by atoms with van der Waals surface area (Å²) in [5.41, 5.74) is 3.02. The van der Waals surface area contributed by atoms with Gasteiger partial charge in [-0.15, -0.1) is 0 Å². The molecule has 0 bridgehead atoms. The zero-order chi connectivity index (χ0) is 21.1. The Kier molecular flexibility index (Phi) is 6.27. The van der Waals surface area contributed by atoms with E-state index in [2.05, 4.69) is 15.1 Å². The van der Waals surface area contributed by atoms with Crippen LogP contribution in [0.25, 0.3) is 11.3 Å². The maximum Gasteiger partial charge on any atom is 0.271 e. The zero-order valence-electron chi connectivity index (χ0n) is 16.6. The van der Waals surface area contributed by atoms with Gasteiger partial charge in [0.1, 0.15) is 11.4 Å². The molecular weight excluding hydrogens is 423 g/mol. The van der Waals surface area contributed by atoms with E-state index in [4.69, 9.17) is 27.9 Å². The highest BCUT2D eigenvalue weighted by Crippen LogP contribution is 2.26. The molecule has 0 radical (unpaired) electrons. The van der Waals surface area contributed by atoms with Crippen molar-refractivity contribution in [2.75, 3.05) is 33.3 Å². The van der Waals surface area contributed by atoms with Gasteiger partial charge in [-0.25, -0.2) is 0 Å². The van der Waals surface area contributed by atoms with Crippen LogP contribution in [0.15, 0.2) is 48.5 Å². The highest BCUT2D eigenvalue weighted by molar-refractivity contribution is 6.35. The van der Waals surface area contributed by atoms with Crippen LogP contribution in [0.3, 0.4) is 0 Å². The third-order valence-electron chi connectivity index (χ3n) is 5.28. The van der Waals surface area contributed by atoms with Gasteiger partial charge in [0.2, 0.25) is 0 Å². The SMILES string of the molecule is COc1cccc(-c2cc(C(=O)N3CCN(Cc4c(Cl)cccc4Cl)CC3)[nH]n2)c1. The fraction of sp³-hybridized carbons (Fsp3) is 0.273. The Morgan fingerprint density at radius 2 is 1.77 bits per heavy atom. The molecule has 0 spiro atoms. The summed E-state index contributed by atoms with van der Waals surface area (Å²) in [4.78, 5) is 17.0. The number of piperazine rings is 1. The lowest BCUT2D eigenvalue weighted by atomic mass is 10.1. The van der Waals surface area contributed by atoms with Crippen molar-refractivity contribution in [3.05, 3.63) is 69.8 Å². The van der Waals surface area contributed by atoms with Gasteiger partial charge < -0.3 is 9.64 Å². The standard InChI is InChI=1S/C22H22Cl2N4O2/c1-30-16-5-2-4-15(12-16)20-13-21(26-25-20)22(29)28-10-8-27(9-11-28)14-17-18(23)6-3-7-19(17)24/h2-7,12-13H,8-11,14H2,1H3,(H,25,26). The first kappa shape index (κ1) is 20.7. The molecule has 1 amide bonds. The number of H-pyrrole nitrogens is 1. The number of methoxy groups -OCH3 is 1. The Balaban J connectivity index is 1.38. The number of halogens is 2. The number of carbonyl (C=O) groups is 1. The molecule has 1 aromatic heterocycles. The number of aromatic amines is 1. The highest BCUT2D eigenvalue weighted by Gasteiger charge is 2.24. The van der Waals surface area contributed by atoms with E-state index in [1.54, 1.807) is 13.2 Å². The number of nitrogens with zero attached hydrogens (tertiary/aromatic N) is 3. The molecule has 2 aromatic carbocycles. The topological polar surface area (TPSA) is 61.5 Å². The molecule has 4 rings (SSSR count). The van der Waals surface area contributed by atoms with Crippen LogP contribution < -0.4 is 4.74 Å². The summed E-state index contributed by atoms with van der Waals surface area (Å²) in [5, 5.41) is 8.51. The third-order valence-corrected chi connectivity index (χ3v) is 5.98. The Labute approximate surface area is 185 Å². The molecule has 0 atom stereocenters. The Morgan fingerprint density at radius 1 is 1.07 bits per heavy atom. The van der Waals surface area contributed by atoms with Crippen LogP contribution >= 0.6 is 23.2 Å². The molecule has 0 aliphatic carbocycles. The Morgan fingerprint density at radius 3 is 2.47 bits per heavy atom. The molecule has 1 aliphatic heterocycles. The van der Waals surface area contributed by atoms with Gasteiger partial charge in [-0.3, -0.25) is 14.8 Å². The van der Waals surface area contributed by atoms with Crippen molar-refractivity contribution >= 4 is 29.1 Å². The second-order valence-electron chi connectivity index (χ2n) is 7.17. The Bertz CT molecular complexity index is 1020. The van der Waals surface area contributed by atoms with E-state index in [0.717, 1.165) is 30.0 Å². The second-order valence-corrected chi connectivity index (χ2v) is 7.98. The smallest absolute Gasteiger partial charge is 0.271 e. The summed E-state index contributed by atoms with van der Waals surface area (Å²) in [6.07, 6.45) is 0. The number of nitrogens with one attached hydrogen (secondary N) is 1. The van der Waals surface area contributed by atoms with E-state index in [-0.39, 0.29) is 5.91 Å². The van der Waals surface area contributed by atoms with Crippen LogP contribution in [-0.4, -0.2) is 59.2 Å². The lowest BCUT2D eigenvalue weighted by Gasteiger charge is -2.34. The second kappa shape index (κ2) is 9.08. The first-order valence-electron chi connectivity index (χ1n) is 9.69. The van der Waals surface area contributed by atoms with Gasteiger partial charge >= 0.3 is 0 Å². The minimum Gasteiger partial charge on any atom is -0.497 e. The fourth-order valence-electron chi connectivity index (χ4n) is 3.55. The van der Waals surface area contributed by atoms with Gasteiger partial charge in [-0.1, -0.05) is 41.4 Å². The third kappa shape index (κ3) is 4.46. The Hall–Kier alpha value is -2.54. The van der Waals surface area contributed by atoms with Crippen molar-refractivity contribution in [3.8, 4) is 17.0 Å². The van der Waals surface area contributed by atoms with Gasteiger partial charge in [-0.05, 0) is 30.3 Å². The summed E-state index contributed by atoms with van der Waals surface area (Å²) >= 11 is 12.6. The van der Waals surface area contributed by atoms with Crippen molar-refractivity contribution in [1.29, 1.82) is 0 Å². The molecule has 156 valence electrons. The van der Waals surface area contributed by atoms with Crippen LogP contribution in [0.2, 0.25) is 10.0 Å². The van der Waals surface area contributed by atoms with Crippen molar-refractivity contribution in [2.24, 2.45) is 0 Å². The minimum absolute atomic E-state index is 0.0490. The molecule has 8 heteroatoms. The quantitative estimate of drug-likeness (QED) is 0.635. The number of ether oxygens (including phenoxy) is 1. The molecule has 6 nitrogen and oxygen atoms in total. The highest BCUT2D eigenvalue weighted by atomic mass is 35.5. The van der Waals surface area contributed by atoms with Crippen LogP contribution in [0, 0.1) is 0 Å². The van der Waals surface area contributed by atoms with E-state index in [9.17, 15) is 4.79 Å². The largest absolute Gasteiger partial charge is 0.497 e. The monoisotopic (exact) mass is 444 g/mol. The average Bonchev–Trinajstić information content (AvgIpc) is 3.27. The molecular formula is C22H22Cl2N4O2. The van der Waals surface area contributed by atoms with Gasteiger partial charge in [0.25, 0.3) is 5.91 Å². The van der Waals surface area contributed by atoms with E-state index in [1.807, 2.05) is 47.4 Å². The van der Waals surface area contributed by atoms with Gasteiger partial charge in [0.15, 0.2) is 0 Å². The van der Waals surface area contributed by atoms with E-state index >= 15 is 0 Å². The van der Waals surface area contributed by atoms with Crippen molar-refractivity contribution in [3.63, 3.8) is 0 Å². The number of hydrogen-bond donors (Lipinski definition) is 1. The molecule has 0 unspecified atom stereocenters. The molecule has 30 heavy (non-hydrogen) atoms. The molecule has 1 N–H and O–H groups in total. The maximum atomic E-state index is 12.9. The average molecular weight is 445 g/mol. The van der Waals surface area contributed by atoms with Crippen molar-refractivity contribution in [2.45, 2.75) is 6.54 Å². The van der Waals surface area contributed by atoms with Crippen LogP contribution in [0.5, 0.6) is 5.75 Å². The first-order valence-corrected chi connectivity index (χ1v) is 10.4. The molecule has 1 saturated heterocycles. The molecule has 1 aliphatic rings. The maximum absolute atomic E-state index is 12.9. The molecule has 0 saturated carbocycles.